The van der Waals surface area contributed by atoms with E-state index in [0.717, 1.165) is 58.6 Å². The van der Waals surface area contributed by atoms with Gasteiger partial charge in [0.2, 0.25) is 11.8 Å². The monoisotopic (exact) mass is 774 g/mol. The van der Waals surface area contributed by atoms with E-state index in [-0.39, 0.29) is 11.8 Å². The van der Waals surface area contributed by atoms with Crippen LogP contribution in [0.15, 0.2) is 85.2 Å². The molecule has 0 spiro atoms. The number of rotatable bonds is 12. The predicted octanol–water partition coefficient (Wildman–Crippen LogP) is 9.91. The minimum atomic E-state index is 0.164. The molecule has 0 aliphatic carbocycles. The second-order valence-electron chi connectivity index (χ2n) is 18.1. The highest BCUT2D eigenvalue weighted by Gasteiger charge is 2.45. The maximum Gasteiger partial charge on any atom is 0.241 e. The predicted molar refractivity (Wildman–Crippen MR) is 233 cm³/mol. The maximum atomic E-state index is 6.90. The first-order valence-corrected chi connectivity index (χ1v) is 22.1. The molecule has 6 unspecified atom stereocenters. The molecule has 6 aliphatic heterocycles. The Morgan fingerprint density at radius 1 is 0.603 bits per heavy atom. The van der Waals surface area contributed by atoms with Gasteiger partial charge in [0.1, 0.15) is 0 Å². The van der Waals surface area contributed by atoms with Gasteiger partial charge in [-0.2, -0.15) is 0 Å². The van der Waals surface area contributed by atoms with Gasteiger partial charge in [-0.25, -0.2) is 0 Å². The SMILES string of the molecule is CCC1CN2CCC1C[C@@H]2[C@@H](COc1nnc(OC[C@@H](c2ccnc3ccc(C)cc23)[C@H]2CC3CCN2CC3CC)c2ccccc12)c1ccnc2ccc(C)cc12. The van der Waals surface area contributed by atoms with Crippen LogP contribution in [0.25, 0.3) is 32.6 Å². The summed E-state index contributed by atoms with van der Waals surface area (Å²) < 4.78 is 13.8. The molecule has 9 heterocycles. The first-order chi connectivity index (χ1) is 28.4. The first kappa shape index (κ1) is 37.6. The van der Waals surface area contributed by atoms with Crippen molar-refractivity contribution in [2.24, 2.45) is 23.7 Å². The van der Waals surface area contributed by atoms with E-state index in [1.54, 1.807) is 0 Å². The summed E-state index contributed by atoms with van der Waals surface area (Å²) >= 11 is 0. The number of benzene rings is 3. The van der Waals surface area contributed by atoms with Gasteiger partial charge in [0.05, 0.1) is 35.0 Å². The number of hydrogen-bond acceptors (Lipinski definition) is 8. The summed E-state index contributed by atoms with van der Waals surface area (Å²) in [6.45, 7) is 14.8. The molecule has 6 aromatic rings. The Kier molecular flexibility index (Phi) is 10.3. The quantitative estimate of drug-likeness (QED) is 0.122. The van der Waals surface area contributed by atoms with Crippen molar-refractivity contribution in [2.45, 2.75) is 90.1 Å². The minimum Gasteiger partial charge on any atom is -0.475 e. The lowest BCUT2D eigenvalue weighted by molar-refractivity contribution is -0.0177. The summed E-state index contributed by atoms with van der Waals surface area (Å²) in [6, 6.07) is 26.9. The van der Waals surface area contributed by atoms with Crippen LogP contribution in [0.2, 0.25) is 0 Å². The number of pyridine rings is 2. The van der Waals surface area contributed by atoms with Crippen LogP contribution < -0.4 is 9.47 Å². The zero-order chi connectivity index (χ0) is 39.3. The van der Waals surface area contributed by atoms with Gasteiger partial charge in [0.25, 0.3) is 0 Å². The van der Waals surface area contributed by atoms with Crippen LogP contribution in [0.1, 0.15) is 86.5 Å². The summed E-state index contributed by atoms with van der Waals surface area (Å²) in [4.78, 5) is 15.1. The van der Waals surface area contributed by atoms with E-state index < -0.39 is 0 Å². The number of aromatic nitrogens is 4. The molecule has 10 atom stereocenters. The van der Waals surface area contributed by atoms with Crippen molar-refractivity contribution in [2.75, 3.05) is 39.4 Å². The second-order valence-corrected chi connectivity index (χ2v) is 18.1. The van der Waals surface area contributed by atoms with Crippen LogP contribution in [-0.2, 0) is 0 Å². The van der Waals surface area contributed by atoms with Crippen LogP contribution in [0.5, 0.6) is 11.8 Å². The number of hydrogen-bond donors (Lipinski definition) is 0. The number of fused-ring (bicyclic) bond motifs is 9. The third kappa shape index (κ3) is 6.90. The number of aryl methyl sites for hydroxylation is 2. The Balaban J connectivity index is 0.963. The Morgan fingerprint density at radius 2 is 1.07 bits per heavy atom. The molecule has 58 heavy (non-hydrogen) atoms. The third-order valence-electron chi connectivity index (χ3n) is 14.9. The summed E-state index contributed by atoms with van der Waals surface area (Å²) in [5.41, 5.74) is 7.21. The largest absolute Gasteiger partial charge is 0.475 e. The molecule has 0 saturated carbocycles. The Hall–Kier alpha value is -4.66. The van der Waals surface area contributed by atoms with E-state index in [4.69, 9.17) is 29.6 Å². The summed E-state index contributed by atoms with van der Waals surface area (Å²) in [6.07, 6.45) is 11.5. The van der Waals surface area contributed by atoms with Crippen molar-refractivity contribution >= 4 is 32.6 Å². The lowest BCUT2D eigenvalue weighted by Crippen LogP contribution is -2.55. The fourth-order valence-corrected chi connectivity index (χ4v) is 11.8. The van der Waals surface area contributed by atoms with Crippen LogP contribution in [0.4, 0.5) is 0 Å². The van der Waals surface area contributed by atoms with Gasteiger partial charge in [-0.3, -0.25) is 19.8 Å². The summed E-state index contributed by atoms with van der Waals surface area (Å²) in [5.74, 6) is 4.56. The molecule has 8 heteroatoms. The fourth-order valence-electron chi connectivity index (χ4n) is 11.8. The van der Waals surface area contributed by atoms with Crippen LogP contribution in [-0.4, -0.2) is 81.4 Å². The van der Waals surface area contributed by atoms with E-state index in [1.807, 2.05) is 12.4 Å². The van der Waals surface area contributed by atoms with Crippen LogP contribution in [0.3, 0.4) is 0 Å². The lowest BCUT2D eigenvalue weighted by Gasteiger charge is -2.52. The molecular formula is C50H58N6O2. The molecule has 12 rings (SSSR count). The van der Waals surface area contributed by atoms with Gasteiger partial charge < -0.3 is 9.47 Å². The van der Waals surface area contributed by atoms with Crippen LogP contribution in [0, 0.1) is 37.5 Å². The molecule has 8 nitrogen and oxygen atoms in total. The van der Waals surface area contributed by atoms with Crippen molar-refractivity contribution in [1.82, 2.24) is 30.0 Å². The molecule has 3 aromatic carbocycles. The Bertz CT molecular complexity index is 2270. The minimum absolute atomic E-state index is 0.164. The van der Waals surface area contributed by atoms with Crippen molar-refractivity contribution in [3.63, 3.8) is 0 Å². The highest BCUT2D eigenvalue weighted by atomic mass is 16.5. The first-order valence-electron chi connectivity index (χ1n) is 22.1. The van der Waals surface area contributed by atoms with Gasteiger partial charge in [-0.15, -0.1) is 10.2 Å². The molecule has 3 aromatic heterocycles. The van der Waals surface area contributed by atoms with Crippen molar-refractivity contribution in [3.05, 3.63) is 107 Å². The molecule has 0 N–H and O–H groups in total. The molecule has 0 amide bonds. The molecular weight excluding hydrogens is 717 g/mol. The Labute approximate surface area is 343 Å². The van der Waals surface area contributed by atoms with Gasteiger partial charge in [-0.1, -0.05) is 62.1 Å². The van der Waals surface area contributed by atoms with E-state index in [0.29, 0.717) is 37.1 Å². The molecule has 6 aliphatic rings. The maximum absolute atomic E-state index is 6.90. The number of nitrogens with zero attached hydrogens (tertiary/aromatic N) is 6. The number of piperidine rings is 6. The van der Waals surface area contributed by atoms with Crippen molar-refractivity contribution in [1.29, 1.82) is 0 Å². The molecule has 6 saturated heterocycles. The van der Waals surface area contributed by atoms with Gasteiger partial charge in [-0.05, 0) is 136 Å². The van der Waals surface area contributed by atoms with Gasteiger partial charge >= 0.3 is 0 Å². The zero-order valence-electron chi connectivity index (χ0n) is 34.7. The molecule has 300 valence electrons. The van der Waals surface area contributed by atoms with E-state index in [9.17, 15) is 0 Å². The number of ether oxygens (including phenoxy) is 2. The average Bonchev–Trinajstić information content (AvgIpc) is 3.27. The van der Waals surface area contributed by atoms with Crippen LogP contribution >= 0.6 is 0 Å². The third-order valence-corrected chi connectivity index (χ3v) is 14.9. The topological polar surface area (TPSA) is 76.5 Å². The van der Waals surface area contributed by atoms with Crippen molar-refractivity contribution < 1.29 is 9.47 Å². The van der Waals surface area contributed by atoms with Crippen molar-refractivity contribution in [3.8, 4) is 11.8 Å². The molecule has 6 fully saturated rings. The average molecular weight is 775 g/mol. The molecule has 4 bridgehead atoms. The van der Waals surface area contributed by atoms with Gasteiger partial charge in [0, 0.05) is 60.2 Å². The normalized spacial score (nSPS) is 27.6. The fraction of sp³-hybridized carbons (Fsp3) is 0.480. The second kappa shape index (κ2) is 15.8. The standard InChI is InChI=1S/C50H58N6O2/c1-5-33-27-55-21-17-35(33)25-47(55)43(37-15-19-51-45-13-11-31(3)23-41(37)45)29-57-49-39-9-7-8-10-40(39)50(54-53-49)58-30-44(48-26-36-18-22-56(48)28-34(36)6-2)38-16-20-52-46-14-12-32(4)24-42(38)46/h7-16,19-20,23-24,33-36,43-44,47-48H,5-6,17-18,21-22,25-30H2,1-4H3/t33?,34?,35?,36?,43-,44-,47+,48+/m0/s1. The van der Waals surface area contributed by atoms with E-state index >= 15 is 0 Å². The lowest BCUT2D eigenvalue weighted by atomic mass is 9.70. The van der Waals surface area contributed by atoms with Gasteiger partial charge in [0.15, 0.2) is 0 Å². The highest BCUT2D eigenvalue weighted by molar-refractivity contribution is 5.90. The molecule has 0 radical (unpaired) electrons. The van der Waals surface area contributed by atoms with E-state index in [1.165, 1.54) is 84.6 Å². The summed E-state index contributed by atoms with van der Waals surface area (Å²) in [7, 11) is 0. The highest BCUT2D eigenvalue weighted by Crippen LogP contribution is 2.46. The summed E-state index contributed by atoms with van der Waals surface area (Å²) in [5, 5.41) is 13.9. The zero-order valence-corrected chi connectivity index (χ0v) is 34.7. The van der Waals surface area contributed by atoms with E-state index in [2.05, 4.69) is 110 Å². The Morgan fingerprint density at radius 3 is 1.48 bits per heavy atom. The smallest absolute Gasteiger partial charge is 0.241 e.